The second-order valence-electron chi connectivity index (χ2n) is 10.9. The summed E-state index contributed by atoms with van der Waals surface area (Å²) in [4.78, 5) is 19.9. The van der Waals surface area contributed by atoms with Crippen LogP contribution in [0.2, 0.25) is 0 Å². The average molecular weight is 467 g/mol. The van der Waals surface area contributed by atoms with Gasteiger partial charge in [-0.05, 0) is 57.9 Å². The van der Waals surface area contributed by atoms with Crippen LogP contribution in [0.4, 0.5) is 0 Å². The minimum atomic E-state index is -0.210. The number of aromatic nitrogens is 2. The summed E-state index contributed by atoms with van der Waals surface area (Å²) < 4.78 is 8.13. The van der Waals surface area contributed by atoms with E-state index in [1.165, 1.54) is 30.4 Å². The highest BCUT2D eigenvalue weighted by Gasteiger charge is 2.44. The van der Waals surface area contributed by atoms with E-state index in [1.807, 2.05) is 0 Å². The molecular formula is C28H38N2O2S. The van der Waals surface area contributed by atoms with Gasteiger partial charge in [0, 0.05) is 29.4 Å². The minimum absolute atomic E-state index is 0.0545. The number of thioether (sulfide) groups is 1. The fourth-order valence-corrected chi connectivity index (χ4v) is 7.49. The molecule has 1 saturated carbocycles. The molecule has 5 heteroatoms. The second-order valence-corrected chi connectivity index (χ2v) is 12.0. The Morgan fingerprint density at radius 3 is 2.73 bits per heavy atom. The van der Waals surface area contributed by atoms with Crippen molar-refractivity contribution in [2.24, 2.45) is 0 Å². The summed E-state index contributed by atoms with van der Waals surface area (Å²) in [6.07, 6.45) is 10.9. The van der Waals surface area contributed by atoms with Crippen LogP contribution in [-0.2, 0) is 16.6 Å². The largest absolute Gasteiger partial charge is 0.375 e. The third-order valence-corrected chi connectivity index (χ3v) is 9.03. The first kappa shape index (κ1) is 23.2. The maximum Gasteiger partial charge on any atom is 0.258 e. The van der Waals surface area contributed by atoms with Gasteiger partial charge in [-0.15, -0.1) is 0 Å². The van der Waals surface area contributed by atoms with Crippen LogP contribution in [0.25, 0.3) is 11.3 Å². The molecular weight excluding hydrogens is 428 g/mol. The molecule has 3 aliphatic rings. The normalized spacial score (nSPS) is 23.2. The van der Waals surface area contributed by atoms with Crippen LogP contribution < -0.4 is 5.56 Å². The van der Waals surface area contributed by atoms with Crippen molar-refractivity contribution >= 4 is 11.8 Å². The summed E-state index contributed by atoms with van der Waals surface area (Å²) in [6, 6.07) is 8.83. The van der Waals surface area contributed by atoms with Crippen molar-refractivity contribution in [3.05, 3.63) is 45.7 Å². The zero-order chi connectivity index (χ0) is 23.1. The lowest BCUT2D eigenvalue weighted by molar-refractivity contribution is -0.0710. The first-order chi connectivity index (χ1) is 15.9. The summed E-state index contributed by atoms with van der Waals surface area (Å²) in [6.45, 7) is 7.23. The van der Waals surface area contributed by atoms with Crippen molar-refractivity contribution in [3.8, 4) is 11.3 Å². The standard InChI is InChI=1S/C28H38N2O2S/c1-4-5-17-33-26-29-24-22-12-8-7-11-20(22)18-28(14-9-6-10-15-28)23(24)25(31)30(26)21-13-16-32-27(2,3)19-21/h7-8,11-12,21H,4-6,9-10,13-19H2,1-3H3/t21-/m0/s1. The van der Waals surface area contributed by atoms with Crippen molar-refractivity contribution in [2.75, 3.05) is 12.4 Å². The van der Waals surface area contributed by atoms with Gasteiger partial charge in [0.05, 0.1) is 16.9 Å². The molecule has 5 rings (SSSR count). The van der Waals surface area contributed by atoms with Gasteiger partial charge in [-0.25, -0.2) is 4.98 Å². The number of hydrogen-bond acceptors (Lipinski definition) is 4. The fraction of sp³-hybridized carbons (Fsp3) is 0.643. The lowest BCUT2D eigenvalue weighted by atomic mass is 9.62. The molecule has 33 heavy (non-hydrogen) atoms. The molecule has 1 spiro atoms. The first-order valence-electron chi connectivity index (χ1n) is 13.0. The minimum Gasteiger partial charge on any atom is -0.375 e. The predicted octanol–water partition coefficient (Wildman–Crippen LogP) is 6.69. The Morgan fingerprint density at radius 2 is 1.97 bits per heavy atom. The van der Waals surface area contributed by atoms with Gasteiger partial charge in [0.25, 0.3) is 5.56 Å². The van der Waals surface area contributed by atoms with Crippen molar-refractivity contribution in [2.45, 2.75) is 107 Å². The van der Waals surface area contributed by atoms with E-state index in [4.69, 9.17) is 9.72 Å². The fourth-order valence-electron chi connectivity index (χ4n) is 6.35. The highest BCUT2D eigenvalue weighted by Crippen LogP contribution is 2.49. The van der Waals surface area contributed by atoms with Gasteiger partial charge < -0.3 is 4.74 Å². The SMILES string of the molecule is CCCCSc1nc2c(c(=O)n1[C@H]1CCOC(C)(C)C1)C1(CCCCC1)Cc1ccccc1-2. The van der Waals surface area contributed by atoms with Gasteiger partial charge in [0.15, 0.2) is 5.16 Å². The van der Waals surface area contributed by atoms with Crippen molar-refractivity contribution in [3.63, 3.8) is 0 Å². The third kappa shape index (κ3) is 4.32. The highest BCUT2D eigenvalue weighted by molar-refractivity contribution is 7.99. The number of hydrogen-bond donors (Lipinski definition) is 0. The summed E-state index contributed by atoms with van der Waals surface area (Å²) in [5.41, 5.74) is 4.51. The summed E-state index contributed by atoms with van der Waals surface area (Å²) in [5.74, 6) is 1.00. The molecule has 1 saturated heterocycles. The highest BCUT2D eigenvalue weighted by atomic mass is 32.2. The Bertz CT molecular complexity index is 1070. The summed E-state index contributed by atoms with van der Waals surface area (Å²) in [7, 11) is 0. The lowest BCUT2D eigenvalue weighted by Gasteiger charge is -2.43. The Morgan fingerprint density at radius 1 is 1.18 bits per heavy atom. The molecule has 0 unspecified atom stereocenters. The average Bonchev–Trinajstić information content (AvgIpc) is 2.79. The van der Waals surface area contributed by atoms with E-state index >= 15 is 0 Å². The number of ether oxygens (including phenoxy) is 1. The van der Waals surface area contributed by atoms with Crippen LogP contribution in [0.1, 0.15) is 95.7 Å². The van der Waals surface area contributed by atoms with Crippen molar-refractivity contribution < 1.29 is 4.74 Å². The monoisotopic (exact) mass is 466 g/mol. The maximum absolute atomic E-state index is 14.5. The van der Waals surface area contributed by atoms with E-state index < -0.39 is 0 Å². The molecule has 178 valence electrons. The molecule has 4 nitrogen and oxygen atoms in total. The molecule has 2 aromatic rings. The Balaban J connectivity index is 1.72. The van der Waals surface area contributed by atoms with Gasteiger partial charge in [-0.1, -0.05) is 68.6 Å². The molecule has 2 heterocycles. The van der Waals surface area contributed by atoms with Gasteiger partial charge in [-0.3, -0.25) is 9.36 Å². The van der Waals surface area contributed by atoms with Crippen LogP contribution in [-0.4, -0.2) is 27.5 Å². The number of benzene rings is 1. The lowest BCUT2D eigenvalue weighted by Crippen LogP contribution is -2.45. The van der Waals surface area contributed by atoms with Gasteiger partial charge in [-0.2, -0.15) is 0 Å². The zero-order valence-electron chi connectivity index (χ0n) is 20.5. The first-order valence-corrected chi connectivity index (χ1v) is 13.9. The molecule has 0 amide bonds. The summed E-state index contributed by atoms with van der Waals surface area (Å²) in [5, 5.41) is 0.914. The Hall–Kier alpha value is -1.59. The van der Waals surface area contributed by atoms with E-state index in [0.29, 0.717) is 6.61 Å². The van der Waals surface area contributed by atoms with E-state index in [-0.39, 0.29) is 22.6 Å². The topological polar surface area (TPSA) is 44.1 Å². The molecule has 1 atom stereocenters. The number of unbranched alkanes of at least 4 members (excludes halogenated alkanes) is 1. The molecule has 0 N–H and O–H groups in total. The molecule has 2 fully saturated rings. The van der Waals surface area contributed by atoms with E-state index in [1.54, 1.807) is 11.8 Å². The zero-order valence-corrected chi connectivity index (χ0v) is 21.3. The molecule has 1 aliphatic heterocycles. The molecule has 1 aromatic heterocycles. The van der Waals surface area contributed by atoms with Crippen LogP contribution in [0.5, 0.6) is 0 Å². The van der Waals surface area contributed by atoms with Crippen molar-refractivity contribution in [1.29, 1.82) is 0 Å². The van der Waals surface area contributed by atoms with Gasteiger partial charge in [0.2, 0.25) is 0 Å². The van der Waals surface area contributed by atoms with E-state index in [9.17, 15) is 4.79 Å². The second kappa shape index (κ2) is 9.22. The Kier molecular flexibility index (Phi) is 6.47. The van der Waals surface area contributed by atoms with Crippen LogP contribution in [0.3, 0.4) is 0 Å². The maximum atomic E-state index is 14.5. The molecule has 1 aromatic carbocycles. The Labute approximate surface area is 202 Å². The van der Waals surface area contributed by atoms with E-state index in [0.717, 1.165) is 67.1 Å². The van der Waals surface area contributed by atoms with Crippen LogP contribution in [0.15, 0.2) is 34.2 Å². The third-order valence-electron chi connectivity index (χ3n) is 7.99. The van der Waals surface area contributed by atoms with E-state index in [2.05, 4.69) is 49.6 Å². The van der Waals surface area contributed by atoms with Gasteiger partial charge in [0.1, 0.15) is 0 Å². The van der Waals surface area contributed by atoms with Crippen LogP contribution >= 0.6 is 11.8 Å². The summed E-state index contributed by atoms with van der Waals surface area (Å²) >= 11 is 1.77. The number of fused-ring (bicyclic) bond motifs is 4. The predicted molar refractivity (Wildman–Crippen MR) is 136 cm³/mol. The molecule has 0 bridgehead atoms. The van der Waals surface area contributed by atoms with Gasteiger partial charge >= 0.3 is 0 Å². The molecule has 0 radical (unpaired) electrons. The van der Waals surface area contributed by atoms with Crippen molar-refractivity contribution in [1.82, 2.24) is 9.55 Å². The molecule has 2 aliphatic carbocycles. The quantitative estimate of drug-likeness (QED) is 0.280. The smallest absolute Gasteiger partial charge is 0.258 e. The number of rotatable bonds is 5. The number of nitrogens with zero attached hydrogens (tertiary/aromatic N) is 2. The van der Waals surface area contributed by atoms with Crippen LogP contribution in [0, 0.1) is 0 Å².